The van der Waals surface area contributed by atoms with Gasteiger partial charge in [0.05, 0.1) is 25.9 Å². The van der Waals surface area contributed by atoms with Crippen molar-refractivity contribution in [1.82, 2.24) is 42.1 Å². The highest BCUT2D eigenvalue weighted by Gasteiger charge is 2.38. The minimum Gasteiger partial charge on any atom is -0.508 e. The Hall–Kier alpha value is -7.37. The van der Waals surface area contributed by atoms with Gasteiger partial charge in [0.15, 0.2) is 11.9 Å². The zero-order valence-electron chi connectivity index (χ0n) is 41.1. The van der Waals surface area contributed by atoms with Crippen LogP contribution >= 0.6 is 0 Å². The van der Waals surface area contributed by atoms with Gasteiger partial charge in [-0.25, -0.2) is 4.79 Å². The van der Waals surface area contributed by atoms with Gasteiger partial charge in [0, 0.05) is 26.1 Å². The summed E-state index contributed by atoms with van der Waals surface area (Å²) >= 11 is 0. The summed E-state index contributed by atoms with van der Waals surface area (Å²) in [5, 5.41) is 66.1. The highest BCUT2D eigenvalue weighted by atomic mass is 16.4. The number of guanidine groups is 2. The lowest BCUT2D eigenvalue weighted by molar-refractivity contribution is -0.143. The summed E-state index contributed by atoms with van der Waals surface area (Å²) in [6.07, 6.45) is 0.508. The molecule has 1 aliphatic heterocycles. The average molecular weight is 1040 g/mol. The Morgan fingerprint density at radius 2 is 1.01 bits per heavy atom. The topological polar surface area (TPSA) is 497 Å². The molecular weight excluding hydrogens is 963 g/mol. The summed E-state index contributed by atoms with van der Waals surface area (Å²) in [6.45, 7) is 1.96. The van der Waals surface area contributed by atoms with Crippen LogP contribution in [0.1, 0.15) is 71.3 Å². The van der Waals surface area contributed by atoms with Crippen molar-refractivity contribution in [1.29, 1.82) is 0 Å². The molecule has 0 bridgehead atoms. The highest BCUT2D eigenvalue weighted by Crippen LogP contribution is 2.19. The Kier molecular flexibility index (Phi) is 26.4. The SMILES string of the molecule is CC(C)C[C@H](NC(=O)[C@H](CO)NC(=O)[C@H](CO)NC(=O)[C@H](CO)NC(=O)[C@H](Cc1ccc(O)cc1)NC(=O)[C@H](CCCN=C(N)N)NC(=O)[C@H](CCCN=C(N)N)NC(=O)[C@@H]1CCCN1C(=O)[C@H](C)N)C(=O)O. The predicted molar refractivity (Wildman–Crippen MR) is 262 cm³/mol. The maximum absolute atomic E-state index is 14.3. The van der Waals surface area contributed by atoms with Crippen molar-refractivity contribution < 1.29 is 68.7 Å². The van der Waals surface area contributed by atoms with Crippen LogP contribution in [0.25, 0.3) is 0 Å². The van der Waals surface area contributed by atoms with Gasteiger partial charge in [-0.05, 0) is 75.5 Å². The molecule has 2 rings (SSSR count). The third-order valence-corrected chi connectivity index (χ3v) is 11.2. The van der Waals surface area contributed by atoms with Gasteiger partial charge in [-0.1, -0.05) is 26.0 Å². The number of nitrogens with one attached hydrogen (secondary N) is 7. The number of nitrogens with two attached hydrogens (primary N) is 5. The van der Waals surface area contributed by atoms with Crippen molar-refractivity contribution in [3.05, 3.63) is 29.8 Å². The minimum atomic E-state index is -1.87. The summed E-state index contributed by atoms with van der Waals surface area (Å²) in [5.74, 6) is -9.75. The Balaban J connectivity index is 2.42. The van der Waals surface area contributed by atoms with Crippen LogP contribution < -0.4 is 65.9 Å². The first-order valence-electron chi connectivity index (χ1n) is 23.5. The lowest BCUT2D eigenvalue weighted by Gasteiger charge is -2.29. The fraction of sp³-hybridized carbons (Fsp3) is 0.614. The predicted octanol–water partition coefficient (Wildman–Crippen LogP) is -7.12. The molecule has 1 heterocycles. The molecule has 408 valence electrons. The molecule has 1 saturated heterocycles. The summed E-state index contributed by atoms with van der Waals surface area (Å²) in [7, 11) is 0. The van der Waals surface area contributed by atoms with E-state index in [0.717, 1.165) is 0 Å². The number of carboxylic acid groups (broad SMARTS) is 1. The first-order valence-corrected chi connectivity index (χ1v) is 23.5. The van der Waals surface area contributed by atoms with Crippen molar-refractivity contribution in [2.75, 3.05) is 39.5 Å². The zero-order valence-corrected chi connectivity index (χ0v) is 41.1. The molecule has 9 atom stereocenters. The van der Waals surface area contributed by atoms with E-state index in [1.165, 1.54) is 36.1 Å². The van der Waals surface area contributed by atoms with E-state index in [9.17, 15) is 68.7 Å². The van der Waals surface area contributed by atoms with Crippen LogP contribution in [-0.4, -0.2) is 189 Å². The molecule has 1 aliphatic rings. The third-order valence-electron chi connectivity index (χ3n) is 11.2. The number of phenols is 1. The van der Waals surface area contributed by atoms with Crippen LogP contribution in [-0.2, 0) is 49.6 Å². The van der Waals surface area contributed by atoms with Crippen molar-refractivity contribution in [2.45, 2.75) is 127 Å². The number of aliphatic imine (C=N–C) groups is 2. The van der Waals surface area contributed by atoms with Gasteiger partial charge >= 0.3 is 5.97 Å². The van der Waals surface area contributed by atoms with Crippen LogP contribution in [0.15, 0.2) is 34.3 Å². The molecule has 1 fully saturated rings. The fourth-order valence-electron chi connectivity index (χ4n) is 7.36. The number of carbonyl (C=O) groups excluding carboxylic acids is 8. The number of aliphatic carboxylic acids is 1. The molecule has 0 unspecified atom stereocenters. The van der Waals surface area contributed by atoms with E-state index in [1.807, 2.05) is 0 Å². The van der Waals surface area contributed by atoms with E-state index in [-0.39, 0.29) is 88.2 Å². The molecule has 8 amide bonds. The first kappa shape index (κ1) is 61.7. The van der Waals surface area contributed by atoms with Crippen molar-refractivity contribution in [3.63, 3.8) is 0 Å². The van der Waals surface area contributed by atoms with E-state index >= 15 is 0 Å². The number of hydrogen-bond acceptors (Lipinski definition) is 16. The van der Waals surface area contributed by atoms with Gasteiger partial charge in [-0.15, -0.1) is 0 Å². The number of aliphatic hydroxyl groups is 3. The number of likely N-dealkylation sites (tertiary alicyclic amines) is 1. The molecule has 0 saturated carbocycles. The maximum Gasteiger partial charge on any atom is 0.326 e. The third kappa shape index (κ3) is 21.5. The largest absolute Gasteiger partial charge is 0.508 e. The molecule has 22 N–H and O–H groups in total. The van der Waals surface area contributed by atoms with E-state index in [1.54, 1.807) is 13.8 Å². The van der Waals surface area contributed by atoms with E-state index in [2.05, 4.69) is 47.2 Å². The number of aliphatic hydroxyl groups excluding tert-OH is 3. The van der Waals surface area contributed by atoms with Gasteiger partial charge in [0.2, 0.25) is 47.3 Å². The zero-order chi connectivity index (χ0) is 54.9. The Morgan fingerprint density at radius 1 is 0.616 bits per heavy atom. The Morgan fingerprint density at radius 3 is 1.42 bits per heavy atom. The second-order valence-corrected chi connectivity index (χ2v) is 17.7. The molecule has 0 radical (unpaired) electrons. The highest BCUT2D eigenvalue weighted by molar-refractivity contribution is 5.98. The lowest BCUT2D eigenvalue weighted by Crippen LogP contribution is -2.61. The fourth-order valence-corrected chi connectivity index (χ4v) is 7.36. The molecule has 0 spiro atoms. The molecule has 29 nitrogen and oxygen atoms in total. The maximum atomic E-state index is 14.3. The molecule has 0 aromatic heterocycles. The van der Waals surface area contributed by atoms with Gasteiger partial charge in [0.1, 0.15) is 54.1 Å². The van der Waals surface area contributed by atoms with E-state index in [0.29, 0.717) is 12.0 Å². The number of carbonyl (C=O) groups is 9. The molecular formula is C44H73N15O14. The van der Waals surface area contributed by atoms with Gasteiger partial charge in [-0.3, -0.25) is 48.3 Å². The summed E-state index contributed by atoms with van der Waals surface area (Å²) in [5.41, 5.74) is 28.1. The second-order valence-electron chi connectivity index (χ2n) is 17.7. The lowest BCUT2D eigenvalue weighted by atomic mass is 10.0. The normalized spacial score (nSPS) is 16.4. The minimum absolute atomic E-state index is 0.0132. The number of nitrogens with zero attached hydrogens (tertiary/aromatic N) is 3. The van der Waals surface area contributed by atoms with Crippen LogP contribution in [0.5, 0.6) is 5.75 Å². The van der Waals surface area contributed by atoms with Crippen molar-refractivity contribution in [2.24, 2.45) is 44.6 Å². The van der Waals surface area contributed by atoms with Crippen LogP contribution in [0.3, 0.4) is 0 Å². The van der Waals surface area contributed by atoms with Crippen molar-refractivity contribution in [3.8, 4) is 5.75 Å². The number of carboxylic acids is 1. The Bertz CT molecular complexity index is 2100. The first-order chi connectivity index (χ1) is 34.4. The average Bonchev–Trinajstić information content (AvgIpc) is 3.83. The van der Waals surface area contributed by atoms with E-state index < -0.39 is 127 Å². The monoisotopic (exact) mass is 1040 g/mol. The standard InChI is InChI=1S/C44H73N15O14/c1-22(2)17-29(42(72)73)55-37(67)30(19-60)57-39(69)32(21-62)58-38(68)31(20-61)56-36(66)28(18-24-10-12-25(63)13-11-24)54-35(65)26(7-4-14-50-43(46)47)52-34(64)27(8-5-15-51-44(48)49)53-40(70)33-9-6-16-59(33)41(71)23(3)45/h10-13,22-23,26-33,60-63H,4-9,14-21,45H2,1-3H3,(H,52,64)(H,53,70)(H,54,65)(H,55,67)(H,56,66)(H,57,69)(H,58,68)(H,72,73)(H4,46,47,50)(H4,48,49,51)/t23-,26-,27-,28-,29-,30-,31-,32-,33-/m0/s1. The van der Waals surface area contributed by atoms with E-state index in [4.69, 9.17) is 28.7 Å². The smallest absolute Gasteiger partial charge is 0.326 e. The number of amides is 8. The molecule has 1 aromatic rings. The number of rotatable bonds is 31. The number of hydrogen-bond donors (Lipinski definition) is 17. The summed E-state index contributed by atoms with van der Waals surface area (Å²) in [4.78, 5) is 129. The van der Waals surface area contributed by atoms with Crippen LogP contribution in [0.4, 0.5) is 0 Å². The Labute approximate surface area is 421 Å². The summed E-state index contributed by atoms with van der Waals surface area (Å²) < 4.78 is 0. The molecule has 29 heteroatoms. The number of benzene rings is 1. The number of phenolic OH excluding ortho intramolecular Hbond substituents is 1. The molecule has 0 aliphatic carbocycles. The molecule has 1 aromatic carbocycles. The molecule has 73 heavy (non-hydrogen) atoms. The van der Waals surface area contributed by atoms with Gasteiger partial charge in [0.25, 0.3) is 0 Å². The van der Waals surface area contributed by atoms with Gasteiger partial charge in [-0.2, -0.15) is 0 Å². The van der Waals surface area contributed by atoms with Gasteiger partial charge < -0.3 is 96.3 Å². The van der Waals surface area contributed by atoms with Crippen LogP contribution in [0.2, 0.25) is 0 Å². The van der Waals surface area contributed by atoms with Crippen LogP contribution in [0, 0.1) is 5.92 Å². The second kappa shape index (κ2) is 31.2. The van der Waals surface area contributed by atoms with Crippen molar-refractivity contribution >= 4 is 65.1 Å². The number of aromatic hydroxyl groups is 1. The summed E-state index contributed by atoms with van der Waals surface area (Å²) in [6, 6.07) is -7.63. The quantitative estimate of drug-likeness (QED) is 0.0187.